The highest BCUT2D eigenvalue weighted by molar-refractivity contribution is 7.89. The van der Waals surface area contributed by atoms with Gasteiger partial charge >= 0.3 is 0 Å². The van der Waals surface area contributed by atoms with Gasteiger partial charge in [-0.1, -0.05) is 25.5 Å². The highest BCUT2D eigenvalue weighted by atomic mass is 32.2. The van der Waals surface area contributed by atoms with Gasteiger partial charge in [0.2, 0.25) is 10.0 Å². The Morgan fingerprint density at radius 1 is 1.19 bits per heavy atom. The first-order valence-electron chi connectivity index (χ1n) is 7.79. The zero-order chi connectivity index (χ0) is 15.5. The van der Waals surface area contributed by atoms with Gasteiger partial charge in [-0.3, -0.25) is 0 Å². The molecule has 2 atom stereocenters. The minimum absolute atomic E-state index is 0.0177. The molecule has 2 unspecified atom stereocenters. The predicted molar refractivity (Wildman–Crippen MR) is 85.7 cm³/mol. The van der Waals surface area contributed by atoms with E-state index in [1.807, 2.05) is 19.1 Å². The average Bonchev–Trinajstić information content (AvgIpc) is 2.36. The molecule has 0 radical (unpaired) electrons. The Morgan fingerprint density at radius 3 is 2.29 bits per heavy atom. The van der Waals surface area contributed by atoms with Gasteiger partial charge < -0.3 is 5.32 Å². The molecule has 1 aliphatic carbocycles. The van der Waals surface area contributed by atoms with Crippen LogP contribution in [-0.4, -0.2) is 21.0 Å². The lowest BCUT2D eigenvalue weighted by molar-refractivity contribution is 0.260. The zero-order valence-electron chi connectivity index (χ0n) is 13.1. The van der Waals surface area contributed by atoms with Gasteiger partial charge in [0.1, 0.15) is 0 Å². The van der Waals surface area contributed by atoms with Crippen LogP contribution in [0.5, 0.6) is 0 Å². The van der Waals surface area contributed by atoms with Crippen molar-refractivity contribution in [3.63, 3.8) is 0 Å². The Labute approximate surface area is 128 Å². The molecule has 1 aliphatic rings. The summed E-state index contributed by atoms with van der Waals surface area (Å²) in [5.41, 5.74) is 1.10. The third kappa shape index (κ3) is 4.05. The molecular weight excluding hydrogens is 284 g/mol. The number of rotatable bonds is 7. The van der Waals surface area contributed by atoms with E-state index in [1.54, 1.807) is 12.1 Å². The molecule has 1 fully saturated rings. The minimum Gasteiger partial charge on any atom is -0.310 e. The maximum atomic E-state index is 12.4. The molecule has 1 aromatic carbocycles. The maximum Gasteiger partial charge on any atom is 0.240 e. The van der Waals surface area contributed by atoms with Crippen molar-refractivity contribution in [3.8, 4) is 0 Å². The second kappa shape index (κ2) is 6.90. The lowest BCUT2D eigenvalue weighted by Crippen LogP contribution is -2.40. The van der Waals surface area contributed by atoms with Crippen LogP contribution in [0.1, 0.15) is 51.6 Å². The van der Waals surface area contributed by atoms with Gasteiger partial charge in [0.15, 0.2) is 0 Å². The second-order valence-electron chi connectivity index (χ2n) is 5.95. The van der Waals surface area contributed by atoms with Crippen LogP contribution < -0.4 is 10.0 Å². The molecule has 1 aromatic rings. The van der Waals surface area contributed by atoms with Crippen LogP contribution in [0.2, 0.25) is 0 Å². The van der Waals surface area contributed by atoms with Gasteiger partial charge in [-0.05, 0) is 56.8 Å². The molecule has 0 amide bonds. The van der Waals surface area contributed by atoms with Crippen molar-refractivity contribution in [2.45, 2.75) is 57.0 Å². The Balaban J connectivity index is 2.05. The van der Waals surface area contributed by atoms with Gasteiger partial charge in [0.05, 0.1) is 4.90 Å². The lowest BCUT2D eigenvalue weighted by atomic mass is 9.81. The van der Waals surface area contributed by atoms with Gasteiger partial charge in [0.25, 0.3) is 0 Å². The van der Waals surface area contributed by atoms with Crippen LogP contribution in [-0.2, 0) is 10.0 Å². The predicted octanol–water partition coefficient (Wildman–Crippen LogP) is 2.82. The first-order chi connectivity index (χ1) is 9.94. The van der Waals surface area contributed by atoms with Gasteiger partial charge in [-0.15, -0.1) is 0 Å². The number of benzene rings is 1. The Morgan fingerprint density at radius 2 is 1.81 bits per heavy atom. The summed E-state index contributed by atoms with van der Waals surface area (Å²) in [7, 11) is -3.41. The molecule has 21 heavy (non-hydrogen) atoms. The van der Waals surface area contributed by atoms with Crippen LogP contribution >= 0.6 is 0 Å². The third-order valence-electron chi connectivity index (χ3n) is 4.40. The number of hydrogen-bond acceptors (Lipinski definition) is 3. The molecule has 5 heteroatoms. The highest BCUT2D eigenvalue weighted by Gasteiger charge is 2.27. The molecule has 0 bridgehead atoms. The molecule has 4 nitrogen and oxygen atoms in total. The number of sulfonamides is 1. The van der Waals surface area contributed by atoms with E-state index in [1.165, 1.54) is 6.42 Å². The van der Waals surface area contributed by atoms with Gasteiger partial charge in [-0.2, -0.15) is 0 Å². The molecule has 2 N–H and O–H groups in total. The zero-order valence-corrected chi connectivity index (χ0v) is 13.9. The second-order valence-corrected chi connectivity index (χ2v) is 7.66. The van der Waals surface area contributed by atoms with E-state index in [9.17, 15) is 8.42 Å². The lowest BCUT2D eigenvalue weighted by Gasteiger charge is -2.31. The van der Waals surface area contributed by atoms with E-state index in [2.05, 4.69) is 23.9 Å². The monoisotopic (exact) mass is 310 g/mol. The highest BCUT2D eigenvalue weighted by Crippen LogP contribution is 2.30. The summed E-state index contributed by atoms with van der Waals surface area (Å²) in [5.74, 6) is 0.493. The first-order valence-corrected chi connectivity index (χ1v) is 9.28. The minimum atomic E-state index is -3.41. The van der Waals surface area contributed by atoms with E-state index in [0.29, 0.717) is 10.8 Å². The number of hydrogen-bond donors (Lipinski definition) is 2. The summed E-state index contributed by atoms with van der Waals surface area (Å²) in [4.78, 5) is 0.348. The largest absolute Gasteiger partial charge is 0.310 e. The van der Waals surface area contributed by atoms with Crippen molar-refractivity contribution >= 4 is 10.0 Å². The van der Waals surface area contributed by atoms with Crippen LogP contribution in [0.4, 0.5) is 0 Å². The van der Waals surface area contributed by atoms with E-state index >= 15 is 0 Å². The molecule has 0 aromatic heterocycles. The van der Waals surface area contributed by atoms with E-state index in [4.69, 9.17) is 0 Å². The molecule has 0 saturated heterocycles. The third-order valence-corrected chi connectivity index (χ3v) is 5.97. The fourth-order valence-corrected chi connectivity index (χ4v) is 4.02. The van der Waals surface area contributed by atoms with Crippen molar-refractivity contribution in [1.82, 2.24) is 10.0 Å². The van der Waals surface area contributed by atoms with Crippen molar-refractivity contribution in [3.05, 3.63) is 29.8 Å². The first kappa shape index (κ1) is 16.5. The summed E-state index contributed by atoms with van der Waals surface area (Å²) in [6.07, 6.45) is 3.47. The normalized spacial score (nSPS) is 19.0. The summed E-state index contributed by atoms with van der Waals surface area (Å²) in [5, 5.41) is 3.32. The van der Waals surface area contributed by atoms with Crippen LogP contribution in [0, 0.1) is 5.92 Å². The Bertz CT molecular complexity index is 550. The maximum absolute atomic E-state index is 12.4. The standard InChI is InChI=1S/C16H26N2O2S/c1-4-17-12(2)15-8-10-16(11-9-15)21(19,20)18-13(3)14-6-5-7-14/h8-14,17-18H,4-7H2,1-3H3. The molecular formula is C16H26N2O2S. The molecule has 0 spiro atoms. The number of nitrogens with one attached hydrogen (secondary N) is 2. The molecule has 118 valence electrons. The summed E-state index contributed by atoms with van der Waals surface area (Å²) in [6, 6.07) is 7.40. The van der Waals surface area contributed by atoms with E-state index < -0.39 is 10.0 Å². The Hall–Kier alpha value is -0.910. The molecule has 2 rings (SSSR count). The topological polar surface area (TPSA) is 58.2 Å². The van der Waals surface area contributed by atoms with E-state index in [0.717, 1.165) is 24.9 Å². The quantitative estimate of drug-likeness (QED) is 0.814. The molecule has 0 aliphatic heterocycles. The summed E-state index contributed by atoms with van der Waals surface area (Å²) < 4.78 is 27.5. The summed E-state index contributed by atoms with van der Waals surface area (Å²) in [6.45, 7) is 6.98. The van der Waals surface area contributed by atoms with Gasteiger partial charge in [-0.25, -0.2) is 13.1 Å². The van der Waals surface area contributed by atoms with Crippen LogP contribution in [0.25, 0.3) is 0 Å². The van der Waals surface area contributed by atoms with Crippen molar-refractivity contribution in [2.75, 3.05) is 6.54 Å². The van der Waals surface area contributed by atoms with Gasteiger partial charge in [0, 0.05) is 12.1 Å². The summed E-state index contributed by atoms with van der Waals surface area (Å²) >= 11 is 0. The van der Waals surface area contributed by atoms with Crippen molar-refractivity contribution < 1.29 is 8.42 Å². The van der Waals surface area contributed by atoms with Crippen LogP contribution in [0.15, 0.2) is 29.2 Å². The van der Waals surface area contributed by atoms with Crippen LogP contribution in [0.3, 0.4) is 0 Å². The molecule has 1 saturated carbocycles. The average molecular weight is 310 g/mol. The van der Waals surface area contributed by atoms with Crippen molar-refractivity contribution in [1.29, 1.82) is 0 Å². The fourth-order valence-electron chi connectivity index (χ4n) is 2.71. The smallest absolute Gasteiger partial charge is 0.240 e. The fraction of sp³-hybridized carbons (Fsp3) is 0.625. The SMILES string of the molecule is CCNC(C)c1ccc(S(=O)(=O)NC(C)C2CCC2)cc1. The van der Waals surface area contributed by atoms with Crippen molar-refractivity contribution in [2.24, 2.45) is 5.92 Å². The molecule has 0 heterocycles. The Kier molecular flexibility index (Phi) is 5.41. The van der Waals surface area contributed by atoms with E-state index in [-0.39, 0.29) is 12.1 Å².